The van der Waals surface area contributed by atoms with Gasteiger partial charge in [0, 0.05) is 11.9 Å². The summed E-state index contributed by atoms with van der Waals surface area (Å²) in [6.07, 6.45) is 7.37. The van der Waals surface area contributed by atoms with Gasteiger partial charge in [0.25, 0.3) is 0 Å². The monoisotopic (exact) mass is 134 g/mol. The second-order valence-corrected chi connectivity index (χ2v) is 2.85. The third kappa shape index (κ3) is 1.32. The van der Waals surface area contributed by atoms with Gasteiger partial charge in [-0.2, -0.15) is 0 Å². The summed E-state index contributed by atoms with van der Waals surface area (Å²) >= 11 is 0. The molecule has 0 N–H and O–H groups in total. The number of hydrogen-bond donors (Lipinski definition) is 0. The van der Waals surface area contributed by atoms with Crippen molar-refractivity contribution in [1.29, 1.82) is 0 Å². The van der Waals surface area contributed by atoms with Crippen molar-refractivity contribution in [2.75, 3.05) is 0 Å². The topological polar surface area (TPSA) is 25.8 Å². The smallest absolute Gasteiger partial charge is 0.115 e. The minimum absolute atomic E-state index is 0.926. The zero-order valence-corrected chi connectivity index (χ0v) is 5.83. The molecule has 0 bridgehead atoms. The highest BCUT2D eigenvalue weighted by Crippen LogP contribution is 2.31. The molecule has 2 rings (SSSR count). The summed E-state index contributed by atoms with van der Waals surface area (Å²) < 4.78 is 0. The molecule has 1 aromatic rings. The third-order valence-corrected chi connectivity index (χ3v) is 1.84. The molecule has 1 aliphatic rings. The molecule has 0 amide bonds. The van der Waals surface area contributed by atoms with Gasteiger partial charge in [0.2, 0.25) is 0 Å². The molecular weight excluding hydrogens is 124 g/mol. The summed E-state index contributed by atoms with van der Waals surface area (Å²) in [6, 6.07) is 2.00. The van der Waals surface area contributed by atoms with Gasteiger partial charge in [-0.05, 0) is 31.2 Å². The van der Waals surface area contributed by atoms with E-state index in [1.807, 2.05) is 12.3 Å². The van der Waals surface area contributed by atoms with Crippen LogP contribution in [-0.2, 0) is 6.42 Å². The van der Waals surface area contributed by atoms with Crippen LogP contribution in [0.5, 0.6) is 0 Å². The van der Waals surface area contributed by atoms with Crippen LogP contribution in [0.1, 0.15) is 18.5 Å². The first-order valence-corrected chi connectivity index (χ1v) is 3.70. The summed E-state index contributed by atoms with van der Waals surface area (Å²) in [5, 5.41) is 0. The Morgan fingerprint density at radius 2 is 2.40 bits per heavy atom. The van der Waals surface area contributed by atoms with Crippen LogP contribution in [0.4, 0.5) is 0 Å². The highest BCUT2D eigenvalue weighted by molar-refractivity contribution is 5.01. The van der Waals surface area contributed by atoms with Gasteiger partial charge < -0.3 is 0 Å². The van der Waals surface area contributed by atoms with Gasteiger partial charge in [0.1, 0.15) is 6.33 Å². The lowest BCUT2D eigenvalue weighted by Crippen LogP contribution is -1.90. The molecule has 1 aliphatic carbocycles. The van der Waals surface area contributed by atoms with E-state index in [2.05, 4.69) is 9.97 Å². The molecule has 1 saturated carbocycles. The summed E-state index contributed by atoms with van der Waals surface area (Å²) in [7, 11) is 0. The standard InChI is InChI=1S/C8H10N2/c1-2-7(1)5-8-3-4-9-6-10-8/h3-4,6-7H,1-2,5H2. The zero-order chi connectivity index (χ0) is 6.81. The van der Waals surface area contributed by atoms with Gasteiger partial charge in [-0.1, -0.05) is 0 Å². The molecule has 2 heteroatoms. The first-order chi connectivity index (χ1) is 4.95. The van der Waals surface area contributed by atoms with Crippen molar-refractivity contribution < 1.29 is 0 Å². The maximum absolute atomic E-state index is 4.15. The van der Waals surface area contributed by atoms with Crippen molar-refractivity contribution in [3.05, 3.63) is 24.3 Å². The minimum Gasteiger partial charge on any atom is -0.245 e. The fourth-order valence-electron chi connectivity index (χ4n) is 1.06. The molecule has 1 aromatic heterocycles. The van der Waals surface area contributed by atoms with E-state index in [0.29, 0.717) is 0 Å². The van der Waals surface area contributed by atoms with Crippen LogP contribution in [0.2, 0.25) is 0 Å². The molecule has 0 saturated heterocycles. The maximum atomic E-state index is 4.15. The number of rotatable bonds is 2. The van der Waals surface area contributed by atoms with Gasteiger partial charge in [-0.25, -0.2) is 9.97 Å². The predicted octanol–water partition coefficient (Wildman–Crippen LogP) is 1.43. The Bertz CT molecular complexity index is 204. The summed E-state index contributed by atoms with van der Waals surface area (Å²) in [5.74, 6) is 0.926. The summed E-state index contributed by atoms with van der Waals surface area (Å²) in [5.41, 5.74) is 1.19. The number of hydrogen-bond acceptors (Lipinski definition) is 2. The molecular formula is C8H10N2. The van der Waals surface area contributed by atoms with Crippen LogP contribution in [0.25, 0.3) is 0 Å². The van der Waals surface area contributed by atoms with Crippen LogP contribution in [0.15, 0.2) is 18.6 Å². The Labute approximate surface area is 60.3 Å². The SMILES string of the molecule is c1cc(CC2CC2)ncn1. The van der Waals surface area contributed by atoms with Crippen molar-refractivity contribution in [3.8, 4) is 0 Å². The quantitative estimate of drug-likeness (QED) is 0.611. The van der Waals surface area contributed by atoms with Crippen LogP contribution in [0, 0.1) is 5.92 Å². The van der Waals surface area contributed by atoms with E-state index >= 15 is 0 Å². The fraction of sp³-hybridized carbons (Fsp3) is 0.500. The molecule has 0 aliphatic heterocycles. The molecule has 52 valence electrons. The van der Waals surface area contributed by atoms with E-state index in [9.17, 15) is 0 Å². The van der Waals surface area contributed by atoms with E-state index in [0.717, 1.165) is 12.3 Å². The average molecular weight is 134 g/mol. The Morgan fingerprint density at radius 1 is 1.50 bits per heavy atom. The normalized spacial score (nSPS) is 17.2. The molecule has 1 heterocycles. The third-order valence-electron chi connectivity index (χ3n) is 1.84. The Hall–Kier alpha value is -0.920. The molecule has 0 atom stereocenters. The first kappa shape index (κ1) is 5.83. The Morgan fingerprint density at radius 3 is 3.00 bits per heavy atom. The van der Waals surface area contributed by atoms with Crippen molar-refractivity contribution in [2.45, 2.75) is 19.3 Å². The van der Waals surface area contributed by atoms with E-state index < -0.39 is 0 Å². The van der Waals surface area contributed by atoms with Crippen LogP contribution in [0.3, 0.4) is 0 Å². The van der Waals surface area contributed by atoms with Crippen LogP contribution in [-0.4, -0.2) is 9.97 Å². The Kier molecular flexibility index (Phi) is 1.38. The molecule has 1 fully saturated rings. The zero-order valence-electron chi connectivity index (χ0n) is 5.83. The average Bonchev–Trinajstić information content (AvgIpc) is 2.74. The van der Waals surface area contributed by atoms with Gasteiger partial charge in [0.15, 0.2) is 0 Å². The lowest BCUT2D eigenvalue weighted by molar-refractivity contribution is 0.798. The van der Waals surface area contributed by atoms with Gasteiger partial charge in [-0.3, -0.25) is 0 Å². The van der Waals surface area contributed by atoms with Crippen LogP contribution >= 0.6 is 0 Å². The minimum atomic E-state index is 0.926. The Balaban J connectivity index is 2.03. The molecule has 0 aromatic carbocycles. The van der Waals surface area contributed by atoms with Gasteiger partial charge >= 0.3 is 0 Å². The second kappa shape index (κ2) is 2.37. The molecule has 0 unspecified atom stereocenters. The van der Waals surface area contributed by atoms with E-state index in [-0.39, 0.29) is 0 Å². The van der Waals surface area contributed by atoms with Crippen molar-refractivity contribution in [1.82, 2.24) is 9.97 Å². The van der Waals surface area contributed by atoms with Crippen molar-refractivity contribution in [2.24, 2.45) is 5.92 Å². The predicted molar refractivity (Wildman–Crippen MR) is 38.5 cm³/mol. The number of nitrogens with zero attached hydrogens (tertiary/aromatic N) is 2. The highest BCUT2D eigenvalue weighted by Gasteiger charge is 2.21. The fourth-order valence-corrected chi connectivity index (χ4v) is 1.06. The summed E-state index contributed by atoms with van der Waals surface area (Å²) in [4.78, 5) is 8.01. The van der Waals surface area contributed by atoms with E-state index in [4.69, 9.17) is 0 Å². The first-order valence-electron chi connectivity index (χ1n) is 3.70. The maximum Gasteiger partial charge on any atom is 0.115 e. The molecule has 0 spiro atoms. The van der Waals surface area contributed by atoms with Gasteiger partial charge in [-0.15, -0.1) is 0 Å². The largest absolute Gasteiger partial charge is 0.245 e. The highest BCUT2D eigenvalue weighted by atomic mass is 14.8. The van der Waals surface area contributed by atoms with E-state index in [1.54, 1.807) is 6.33 Å². The molecule has 0 radical (unpaired) electrons. The lowest BCUT2D eigenvalue weighted by atomic mass is 10.2. The molecule has 2 nitrogen and oxygen atoms in total. The van der Waals surface area contributed by atoms with Crippen molar-refractivity contribution >= 4 is 0 Å². The lowest BCUT2D eigenvalue weighted by Gasteiger charge is -1.93. The molecule has 10 heavy (non-hydrogen) atoms. The van der Waals surface area contributed by atoms with Crippen molar-refractivity contribution in [3.63, 3.8) is 0 Å². The van der Waals surface area contributed by atoms with Gasteiger partial charge in [0.05, 0.1) is 0 Å². The summed E-state index contributed by atoms with van der Waals surface area (Å²) in [6.45, 7) is 0. The second-order valence-electron chi connectivity index (χ2n) is 2.85. The van der Waals surface area contributed by atoms with E-state index in [1.165, 1.54) is 18.5 Å². The van der Waals surface area contributed by atoms with Crippen LogP contribution < -0.4 is 0 Å². The number of aromatic nitrogens is 2.